The molecule has 0 spiro atoms. The standard InChI is InChI=1S/C9H19BO3/c1-7(2)11-13-9(5,6)8(3,4)12-10/h7H,1-6H3. The summed E-state index contributed by atoms with van der Waals surface area (Å²) >= 11 is 0. The maximum Gasteiger partial charge on any atom is 0.283 e. The molecule has 0 unspecified atom stereocenters. The zero-order valence-electron chi connectivity index (χ0n) is 9.38. The summed E-state index contributed by atoms with van der Waals surface area (Å²) in [5.74, 6) is 0. The summed E-state index contributed by atoms with van der Waals surface area (Å²) in [4.78, 5) is 10.3. The predicted octanol–water partition coefficient (Wildman–Crippen LogP) is 2.00. The molecule has 0 aliphatic heterocycles. The van der Waals surface area contributed by atoms with Gasteiger partial charge >= 0.3 is 0 Å². The van der Waals surface area contributed by atoms with Gasteiger partial charge in [0.25, 0.3) is 8.05 Å². The molecule has 0 atom stereocenters. The van der Waals surface area contributed by atoms with Crippen LogP contribution in [0.2, 0.25) is 0 Å². The summed E-state index contributed by atoms with van der Waals surface area (Å²) in [6.07, 6.45) is 0.0212. The fraction of sp³-hybridized carbons (Fsp3) is 1.00. The SMILES string of the molecule is [B]OC(C)(C)C(C)(C)OOC(C)C. The highest BCUT2D eigenvalue weighted by atomic mass is 17.2. The van der Waals surface area contributed by atoms with Crippen LogP contribution in [0.15, 0.2) is 0 Å². The zero-order chi connectivity index (χ0) is 10.7. The quantitative estimate of drug-likeness (QED) is 0.373. The lowest BCUT2D eigenvalue weighted by Crippen LogP contribution is -2.49. The molecule has 0 saturated carbocycles. The topological polar surface area (TPSA) is 27.7 Å². The molecule has 0 aliphatic rings. The summed E-state index contributed by atoms with van der Waals surface area (Å²) in [5.41, 5.74) is -1.19. The summed E-state index contributed by atoms with van der Waals surface area (Å²) in [6, 6.07) is 0. The smallest absolute Gasteiger partial charge is 0.283 e. The average molecular weight is 186 g/mol. The van der Waals surface area contributed by atoms with Crippen molar-refractivity contribution in [2.75, 3.05) is 0 Å². The molecule has 0 amide bonds. The van der Waals surface area contributed by atoms with Crippen molar-refractivity contribution in [2.24, 2.45) is 0 Å². The predicted molar refractivity (Wildman–Crippen MR) is 52.3 cm³/mol. The molecule has 0 aromatic heterocycles. The Morgan fingerprint density at radius 3 is 1.77 bits per heavy atom. The van der Waals surface area contributed by atoms with E-state index in [0.29, 0.717) is 0 Å². The van der Waals surface area contributed by atoms with Crippen LogP contribution in [0.4, 0.5) is 0 Å². The van der Waals surface area contributed by atoms with Crippen LogP contribution >= 0.6 is 0 Å². The Balaban J connectivity index is 4.22. The number of hydrogen-bond donors (Lipinski definition) is 0. The van der Waals surface area contributed by atoms with E-state index < -0.39 is 11.2 Å². The molecule has 76 valence electrons. The number of hydrogen-bond acceptors (Lipinski definition) is 3. The minimum absolute atomic E-state index is 0.0212. The Kier molecular flexibility index (Phi) is 4.42. The maximum absolute atomic E-state index is 5.24. The largest absolute Gasteiger partial charge is 0.440 e. The first-order valence-electron chi connectivity index (χ1n) is 4.45. The second-order valence-electron chi connectivity index (χ2n) is 4.37. The van der Waals surface area contributed by atoms with Crippen molar-refractivity contribution in [1.29, 1.82) is 0 Å². The molecule has 0 rings (SSSR count). The first-order valence-corrected chi connectivity index (χ1v) is 4.45. The van der Waals surface area contributed by atoms with Gasteiger partial charge in [0, 0.05) is 0 Å². The Hall–Kier alpha value is -0.0551. The maximum atomic E-state index is 5.24. The zero-order valence-corrected chi connectivity index (χ0v) is 9.38. The van der Waals surface area contributed by atoms with E-state index in [1.54, 1.807) is 0 Å². The normalized spacial score (nSPS) is 13.8. The van der Waals surface area contributed by atoms with E-state index in [2.05, 4.69) is 0 Å². The van der Waals surface area contributed by atoms with Crippen LogP contribution in [0.3, 0.4) is 0 Å². The van der Waals surface area contributed by atoms with E-state index in [0.717, 1.165) is 0 Å². The highest BCUT2D eigenvalue weighted by Gasteiger charge is 2.39. The van der Waals surface area contributed by atoms with Crippen LogP contribution in [-0.2, 0) is 14.4 Å². The van der Waals surface area contributed by atoms with Crippen LogP contribution in [0, 0.1) is 0 Å². The van der Waals surface area contributed by atoms with Gasteiger partial charge in [0.2, 0.25) is 0 Å². The summed E-state index contributed by atoms with van der Waals surface area (Å²) in [6.45, 7) is 11.2. The van der Waals surface area contributed by atoms with Crippen LogP contribution < -0.4 is 0 Å². The van der Waals surface area contributed by atoms with Crippen molar-refractivity contribution in [3.8, 4) is 0 Å². The molecule has 0 aliphatic carbocycles. The molecule has 0 saturated heterocycles. The third kappa shape index (κ3) is 3.67. The molecule has 0 bridgehead atoms. The third-order valence-electron chi connectivity index (χ3n) is 2.19. The van der Waals surface area contributed by atoms with E-state index in [9.17, 15) is 0 Å². The fourth-order valence-corrected chi connectivity index (χ4v) is 0.459. The Bertz CT molecular complexity index is 155. The van der Waals surface area contributed by atoms with Crippen LogP contribution in [0.1, 0.15) is 41.5 Å². The van der Waals surface area contributed by atoms with E-state index >= 15 is 0 Å². The van der Waals surface area contributed by atoms with Gasteiger partial charge in [-0.3, -0.25) is 0 Å². The van der Waals surface area contributed by atoms with Crippen molar-refractivity contribution in [1.82, 2.24) is 0 Å². The van der Waals surface area contributed by atoms with E-state index in [-0.39, 0.29) is 6.10 Å². The lowest BCUT2D eigenvalue weighted by Gasteiger charge is -2.39. The number of rotatable bonds is 5. The average Bonchev–Trinajstić information content (AvgIpc) is 2.01. The Morgan fingerprint density at radius 2 is 1.46 bits per heavy atom. The highest BCUT2D eigenvalue weighted by molar-refractivity contribution is 5.98. The molecule has 0 N–H and O–H groups in total. The van der Waals surface area contributed by atoms with Gasteiger partial charge in [0.15, 0.2) is 0 Å². The minimum Gasteiger partial charge on any atom is -0.440 e. The van der Waals surface area contributed by atoms with Crippen molar-refractivity contribution < 1.29 is 14.4 Å². The molecule has 4 heteroatoms. The van der Waals surface area contributed by atoms with Gasteiger partial charge in [-0.15, -0.1) is 0 Å². The van der Waals surface area contributed by atoms with Crippen molar-refractivity contribution in [3.05, 3.63) is 0 Å². The van der Waals surface area contributed by atoms with E-state index in [1.165, 1.54) is 0 Å². The lowest BCUT2D eigenvalue weighted by molar-refractivity contribution is -0.394. The van der Waals surface area contributed by atoms with E-state index in [1.807, 2.05) is 41.5 Å². The molecule has 2 radical (unpaired) electrons. The molecule has 0 aromatic rings. The molecular weight excluding hydrogens is 167 g/mol. The summed E-state index contributed by atoms with van der Waals surface area (Å²) in [5, 5.41) is 0. The van der Waals surface area contributed by atoms with Gasteiger partial charge in [0.05, 0.1) is 11.7 Å². The highest BCUT2D eigenvalue weighted by Crippen LogP contribution is 2.28. The van der Waals surface area contributed by atoms with Crippen molar-refractivity contribution in [3.63, 3.8) is 0 Å². The van der Waals surface area contributed by atoms with Gasteiger partial charge in [-0.05, 0) is 41.5 Å². The molecule has 0 heterocycles. The van der Waals surface area contributed by atoms with Gasteiger partial charge in [-0.2, -0.15) is 0 Å². The monoisotopic (exact) mass is 186 g/mol. The van der Waals surface area contributed by atoms with E-state index in [4.69, 9.17) is 22.5 Å². The first kappa shape index (κ1) is 12.9. The lowest BCUT2D eigenvalue weighted by atomic mass is 9.89. The van der Waals surface area contributed by atoms with Crippen LogP contribution in [0.5, 0.6) is 0 Å². The summed E-state index contributed by atoms with van der Waals surface area (Å²) < 4.78 is 4.83. The van der Waals surface area contributed by atoms with Crippen molar-refractivity contribution in [2.45, 2.75) is 58.8 Å². The molecule has 0 aromatic carbocycles. The minimum atomic E-state index is -0.595. The van der Waals surface area contributed by atoms with Gasteiger partial charge in [-0.1, -0.05) is 0 Å². The second kappa shape index (κ2) is 4.44. The third-order valence-corrected chi connectivity index (χ3v) is 2.19. The Morgan fingerprint density at radius 1 is 1.00 bits per heavy atom. The molecule has 13 heavy (non-hydrogen) atoms. The van der Waals surface area contributed by atoms with Crippen LogP contribution in [0.25, 0.3) is 0 Å². The van der Waals surface area contributed by atoms with Gasteiger partial charge in [0.1, 0.15) is 5.60 Å². The Labute approximate surface area is 82.1 Å². The van der Waals surface area contributed by atoms with Crippen LogP contribution in [-0.4, -0.2) is 25.4 Å². The first-order chi connectivity index (χ1) is 5.73. The van der Waals surface area contributed by atoms with Gasteiger partial charge < -0.3 is 4.65 Å². The second-order valence-corrected chi connectivity index (χ2v) is 4.37. The fourth-order valence-electron chi connectivity index (χ4n) is 0.459. The van der Waals surface area contributed by atoms with Gasteiger partial charge in [-0.25, -0.2) is 9.78 Å². The molecule has 0 fully saturated rings. The summed E-state index contributed by atoms with van der Waals surface area (Å²) in [7, 11) is 5.16. The molecule has 3 nitrogen and oxygen atoms in total. The molecular formula is C9H19BO3. The van der Waals surface area contributed by atoms with Crippen molar-refractivity contribution >= 4 is 8.05 Å².